The molecule has 1 aromatic carbocycles. The van der Waals surface area contributed by atoms with E-state index in [2.05, 4.69) is 9.47 Å². The van der Waals surface area contributed by atoms with E-state index < -0.39 is 11.9 Å². The molecule has 0 fully saturated rings. The van der Waals surface area contributed by atoms with Gasteiger partial charge in [0.15, 0.2) is 0 Å². The second-order valence-electron chi connectivity index (χ2n) is 3.79. The van der Waals surface area contributed by atoms with E-state index in [9.17, 15) is 9.59 Å². The summed E-state index contributed by atoms with van der Waals surface area (Å²) in [6.07, 6.45) is 0. The molecule has 0 heterocycles. The number of nitrogens with zero attached hydrogens (tertiary/aromatic N) is 2. The molecular formula is C13H13ClN2O4. The SMILES string of the molecule is COC(=O)CN(CC(=O)OC)c1ccc(C#N)cc1Cl. The van der Waals surface area contributed by atoms with Crippen molar-refractivity contribution in [2.75, 3.05) is 32.2 Å². The van der Waals surface area contributed by atoms with Gasteiger partial charge in [0, 0.05) is 0 Å². The Hall–Kier alpha value is -2.26. The fourth-order valence-corrected chi connectivity index (χ4v) is 1.80. The second kappa shape index (κ2) is 7.36. The minimum atomic E-state index is -0.519. The predicted molar refractivity (Wildman–Crippen MR) is 72.4 cm³/mol. The molecule has 1 aromatic rings. The largest absolute Gasteiger partial charge is 0.468 e. The van der Waals surface area contributed by atoms with E-state index in [-0.39, 0.29) is 18.1 Å². The van der Waals surface area contributed by atoms with Gasteiger partial charge in [-0.05, 0) is 18.2 Å². The summed E-state index contributed by atoms with van der Waals surface area (Å²) in [5, 5.41) is 9.05. The standard InChI is InChI=1S/C13H13ClN2O4/c1-19-12(17)7-16(8-13(18)20-2)11-4-3-9(6-15)5-10(11)14/h3-5H,7-8H2,1-2H3. The number of methoxy groups -OCH3 is 2. The molecule has 0 unspecified atom stereocenters. The Morgan fingerprint density at radius 2 is 1.80 bits per heavy atom. The highest BCUT2D eigenvalue weighted by Gasteiger charge is 2.18. The summed E-state index contributed by atoms with van der Waals surface area (Å²) in [6.45, 7) is -0.311. The van der Waals surface area contributed by atoms with Crippen LogP contribution in [0.4, 0.5) is 5.69 Å². The summed E-state index contributed by atoms with van der Waals surface area (Å²) in [5.41, 5.74) is 0.830. The van der Waals surface area contributed by atoms with Crippen molar-refractivity contribution >= 4 is 29.2 Å². The first-order chi connectivity index (χ1) is 9.51. The van der Waals surface area contributed by atoms with E-state index in [0.29, 0.717) is 11.3 Å². The molecular weight excluding hydrogens is 284 g/mol. The molecule has 0 aliphatic heterocycles. The minimum absolute atomic E-state index is 0.156. The number of nitriles is 1. The highest BCUT2D eigenvalue weighted by atomic mass is 35.5. The highest BCUT2D eigenvalue weighted by Crippen LogP contribution is 2.26. The van der Waals surface area contributed by atoms with Crippen LogP contribution < -0.4 is 4.90 Å². The first kappa shape index (κ1) is 15.8. The van der Waals surface area contributed by atoms with Crippen molar-refractivity contribution in [3.63, 3.8) is 0 Å². The molecule has 0 saturated heterocycles. The number of esters is 2. The van der Waals surface area contributed by atoms with Gasteiger partial charge in [-0.2, -0.15) is 5.26 Å². The van der Waals surface area contributed by atoms with Crippen molar-refractivity contribution in [1.82, 2.24) is 0 Å². The lowest BCUT2D eigenvalue weighted by Gasteiger charge is -2.23. The van der Waals surface area contributed by atoms with Gasteiger partial charge in [0.2, 0.25) is 0 Å². The van der Waals surface area contributed by atoms with Crippen LogP contribution in [0.5, 0.6) is 0 Å². The number of ether oxygens (including phenoxy) is 2. The van der Waals surface area contributed by atoms with Crippen molar-refractivity contribution in [1.29, 1.82) is 5.26 Å². The number of carbonyl (C=O) groups is 2. The lowest BCUT2D eigenvalue weighted by molar-refractivity contribution is -0.140. The Kier molecular flexibility index (Phi) is 5.81. The zero-order valence-corrected chi connectivity index (χ0v) is 11.8. The number of hydrogen-bond donors (Lipinski definition) is 0. The fraction of sp³-hybridized carbons (Fsp3) is 0.308. The van der Waals surface area contributed by atoms with Crippen LogP contribution in [-0.2, 0) is 19.1 Å². The molecule has 106 valence electrons. The molecule has 0 spiro atoms. The van der Waals surface area contributed by atoms with Crippen LogP contribution in [0.1, 0.15) is 5.56 Å². The topological polar surface area (TPSA) is 79.6 Å². The molecule has 0 atom stereocenters. The zero-order valence-electron chi connectivity index (χ0n) is 11.1. The Morgan fingerprint density at radius 1 is 1.25 bits per heavy atom. The summed E-state index contributed by atoms with van der Waals surface area (Å²) in [6, 6.07) is 6.52. The first-order valence-corrected chi connectivity index (χ1v) is 5.97. The first-order valence-electron chi connectivity index (χ1n) is 5.60. The Labute approximate surface area is 121 Å². The molecule has 1 rings (SSSR count). The Morgan fingerprint density at radius 3 is 2.20 bits per heavy atom. The van der Waals surface area contributed by atoms with Crippen LogP contribution in [0.15, 0.2) is 18.2 Å². The van der Waals surface area contributed by atoms with Gasteiger partial charge in [0.1, 0.15) is 13.1 Å². The van der Waals surface area contributed by atoms with Crippen molar-refractivity contribution in [2.45, 2.75) is 0 Å². The molecule has 0 aliphatic rings. The highest BCUT2D eigenvalue weighted by molar-refractivity contribution is 6.33. The maximum atomic E-state index is 11.4. The third-order valence-electron chi connectivity index (χ3n) is 2.51. The third kappa shape index (κ3) is 4.14. The van der Waals surface area contributed by atoms with Gasteiger partial charge in [-0.3, -0.25) is 9.59 Å². The van der Waals surface area contributed by atoms with E-state index in [1.54, 1.807) is 12.1 Å². The van der Waals surface area contributed by atoms with Crippen LogP contribution in [0.2, 0.25) is 5.02 Å². The molecule has 0 aromatic heterocycles. The van der Waals surface area contributed by atoms with Gasteiger partial charge >= 0.3 is 11.9 Å². The van der Waals surface area contributed by atoms with E-state index in [4.69, 9.17) is 16.9 Å². The average molecular weight is 297 g/mol. The van der Waals surface area contributed by atoms with Gasteiger partial charge < -0.3 is 14.4 Å². The lowest BCUT2D eigenvalue weighted by Crippen LogP contribution is -2.35. The van der Waals surface area contributed by atoms with Gasteiger partial charge in [0.05, 0.1) is 36.6 Å². The molecule has 7 heteroatoms. The summed E-state index contributed by atoms with van der Waals surface area (Å²) >= 11 is 6.06. The normalized spacial score (nSPS) is 9.50. The lowest BCUT2D eigenvalue weighted by atomic mass is 10.2. The number of rotatable bonds is 5. The monoisotopic (exact) mass is 296 g/mol. The molecule has 0 saturated carbocycles. The van der Waals surface area contributed by atoms with Gasteiger partial charge in [-0.15, -0.1) is 0 Å². The number of carbonyl (C=O) groups excluding carboxylic acids is 2. The third-order valence-corrected chi connectivity index (χ3v) is 2.82. The smallest absolute Gasteiger partial charge is 0.325 e. The zero-order chi connectivity index (χ0) is 15.1. The van der Waals surface area contributed by atoms with Crippen molar-refractivity contribution in [3.8, 4) is 6.07 Å². The Balaban J connectivity index is 3.06. The molecule has 0 N–H and O–H groups in total. The van der Waals surface area contributed by atoms with Gasteiger partial charge in [-0.1, -0.05) is 11.6 Å². The van der Waals surface area contributed by atoms with E-state index in [1.807, 2.05) is 6.07 Å². The van der Waals surface area contributed by atoms with Crippen molar-refractivity contribution < 1.29 is 19.1 Å². The quantitative estimate of drug-likeness (QED) is 0.763. The summed E-state index contributed by atoms with van der Waals surface area (Å²) in [4.78, 5) is 24.2. The average Bonchev–Trinajstić information content (AvgIpc) is 2.45. The van der Waals surface area contributed by atoms with E-state index in [1.165, 1.54) is 25.2 Å². The second-order valence-corrected chi connectivity index (χ2v) is 4.19. The molecule has 0 bridgehead atoms. The molecule has 0 amide bonds. The van der Waals surface area contributed by atoms with Crippen LogP contribution in [0.3, 0.4) is 0 Å². The summed E-state index contributed by atoms with van der Waals surface area (Å²) in [7, 11) is 2.50. The molecule has 6 nitrogen and oxygen atoms in total. The summed E-state index contributed by atoms with van der Waals surface area (Å²) in [5.74, 6) is -1.04. The maximum absolute atomic E-state index is 11.4. The van der Waals surface area contributed by atoms with E-state index >= 15 is 0 Å². The minimum Gasteiger partial charge on any atom is -0.468 e. The van der Waals surface area contributed by atoms with Crippen LogP contribution >= 0.6 is 11.6 Å². The van der Waals surface area contributed by atoms with Crippen LogP contribution in [-0.4, -0.2) is 39.2 Å². The number of hydrogen-bond acceptors (Lipinski definition) is 6. The van der Waals surface area contributed by atoms with Gasteiger partial charge in [-0.25, -0.2) is 0 Å². The van der Waals surface area contributed by atoms with Crippen molar-refractivity contribution in [3.05, 3.63) is 28.8 Å². The van der Waals surface area contributed by atoms with Crippen molar-refractivity contribution in [2.24, 2.45) is 0 Å². The fourth-order valence-electron chi connectivity index (χ4n) is 1.50. The van der Waals surface area contributed by atoms with Crippen LogP contribution in [0.25, 0.3) is 0 Å². The molecule has 20 heavy (non-hydrogen) atoms. The van der Waals surface area contributed by atoms with Crippen LogP contribution in [0, 0.1) is 11.3 Å². The number of benzene rings is 1. The van der Waals surface area contributed by atoms with Gasteiger partial charge in [0.25, 0.3) is 0 Å². The Bertz CT molecular complexity index is 536. The molecule has 0 radical (unpaired) electrons. The predicted octanol–water partition coefficient (Wildman–Crippen LogP) is 1.36. The van der Waals surface area contributed by atoms with E-state index in [0.717, 1.165) is 0 Å². The number of anilines is 1. The summed E-state index contributed by atoms with van der Waals surface area (Å²) < 4.78 is 9.15. The number of halogens is 1. The molecule has 0 aliphatic carbocycles. The maximum Gasteiger partial charge on any atom is 0.325 e.